The van der Waals surface area contributed by atoms with Crippen LogP contribution in [0, 0.1) is 0 Å². The largest absolute Gasteiger partial charge is 0.428 e. The molecule has 2 aromatic rings. The maximum Gasteiger partial charge on any atom is 0.428 e. The smallest absolute Gasteiger partial charge is 0.382 e. The first kappa shape index (κ1) is 19.7. The van der Waals surface area contributed by atoms with Gasteiger partial charge in [0.1, 0.15) is 0 Å². The Kier molecular flexibility index (Phi) is 3.98. The summed E-state index contributed by atoms with van der Waals surface area (Å²) in [6.07, 6.45) is -6.22. The number of hydrogen-bond acceptors (Lipinski definition) is 4. The minimum Gasteiger partial charge on any atom is -0.382 e. The number of aliphatic imine (C=N–C) groups is 1. The number of aromatic nitrogens is 1. The first-order chi connectivity index (χ1) is 12.2. The molecule has 3 rings (SSSR count). The lowest BCUT2D eigenvalue weighted by Gasteiger charge is -2.32. The normalized spacial score (nSPS) is 27.2. The fourth-order valence-corrected chi connectivity index (χ4v) is 3.05. The van der Waals surface area contributed by atoms with E-state index in [2.05, 4.69) is 14.7 Å². The molecule has 1 saturated heterocycles. The lowest BCUT2D eigenvalue weighted by atomic mass is 9.99. The number of nitrogens with zero attached hydrogens (tertiary/aromatic N) is 2. The van der Waals surface area contributed by atoms with Crippen LogP contribution in [-0.2, 0) is 4.74 Å². The van der Waals surface area contributed by atoms with E-state index in [1.807, 2.05) is 0 Å². The van der Waals surface area contributed by atoms with Crippen molar-refractivity contribution in [3.63, 3.8) is 0 Å². The molecule has 14 heteroatoms. The Morgan fingerprint density at radius 3 is 2.15 bits per heavy atom. The van der Waals surface area contributed by atoms with E-state index in [-0.39, 0.29) is 5.52 Å². The zero-order valence-electron chi connectivity index (χ0n) is 12.5. The number of halogens is 9. The van der Waals surface area contributed by atoms with Crippen LogP contribution in [0.2, 0.25) is 0 Å². The number of thiazole rings is 1. The predicted octanol–water partition coefficient (Wildman–Crippen LogP) is 4.48. The van der Waals surface area contributed by atoms with Crippen molar-refractivity contribution in [3.05, 3.63) is 24.3 Å². The fraction of sp³-hybridized carbons (Fsp3) is 0.385. The number of nitrogens with two attached hydrogens (primary N) is 1. The van der Waals surface area contributed by atoms with E-state index in [0.29, 0.717) is 16.0 Å². The number of hydrogen-bond donors (Lipinski definition) is 1. The highest BCUT2D eigenvalue weighted by Crippen LogP contribution is 2.64. The summed E-state index contributed by atoms with van der Waals surface area (Å²) in [6.45, 7) is 0. The van der Waals surface area contributed by atoms with Crippen LogP contribution in [0.15, 0.2) is 29.3 Å². The average Bonchev–Trinajstić information content (AvgIpc) is 2.98. The van der Waals surface area contributed by atoms with Gasteiger partial charge < -0.3 is 5.73 Å². The van der Waals surface area contributed by atoms with Gasteiger partial charge in [-0.1, -0.05) is 23.5 Å². The number of fused-ring (bicyclic) bond motifs is 1. The molecule has 27 heavy (non-hydrogen) atoms. The van der Waals surface area contributed by atoms with Gasteiger partial charge in [0.25, 0.3) is 0 Å². The molecule has 1 aromatic carbocycles. The van der Waals surface area contributed by atoms with Crippen LogP contribution in [0.3, 0.4) is 0 Å². The van der Waals surface area contributed by atoms with Gasteiger partial charge in [0, 0.05) is 0 Å². The number of para-hydroxylation sites is 1. The Hall–Kier alpha value is -2.09. The maximum atomic E-state index is 14.2. The van der Waals surface area contributed by atoms with Gasteiger partial charge in [0.15, 0.2) is 5.84 Å². The Morgan fingerprint density at radius 2 is 1.63 bits per heavy atom. The summed E-state index contributed by atoms with van der Waals surface area (Å²) < 4.78 is 124. The zero-order chi connectivity index (χ0) is 20.5. The van der Waals surface area contributed by atoms with Gasteiger partial charge in [-0.3, -0.25) is 4.74 Å². The molecule has 1 aliphatic rings. The van der Waals surface area contributed by atoms with Gasteiger partial charge >= 0.3 is 29.7 Å². The van der Waals surface area contributed by atoms with E-state index in [9.17, 15) is 39.5 Å². The molecule has 0 unspecified atom stereocenters. The minimum atomic E-state index is -6.62. The summed E-state index contributed by atoms with van der Waals surface area (Å²) >= 11 is 0.624. The number of ether oxygens (including phenoxy) is 1. The van der Waals surface area contributed by atoms with Crippen LogP contribution < -0.4 is 5.73 Å². The van der Waals surface area contributed by atoms with Gasteiger partial charge in [-0.15, -0.1) is 0 Å². The molecule has 0 aliphatic carbocycles. The van der Waals surface area contributed by atoms with Gasteiger partial charge in [0.05, 0.1) is 10.2 Å². The van der Waals surface area contributed by atoms with Crippen molar-refractivity contribution in [3.8, 4) is 0 Å². The molecule has 2 N–H and O–H groups in total. The lowest BCUT2D eigenvalue weighted by Crippen LogP contribution is -2.64. The van der Waals surface area contributed by atoms with Gasteiger partial charge in [-0.2, -0.15) is 44.5 Å². The molecule has 0 radical (unpaired) electrons. The lowest BCUT2D eigenvalue weighted by molar-refractivity contribution is -0.362. The van der Waals surface area contributed by atoms with Crippen LogP contribution in [-0.4, -0.2) is 40.6 Å². The molecule has 1 fully saturated rings. The van der Waals surface area contributed by atoms with Crippen molar-refractivity contribution < 1.29 is 44.3 Å². The zero-order valence-corrected chi connectivity index (χ0v) is 13.3. The Labute approximate surface area is 147 Å². The molecule has 148 valence electrons. The SMILES string of the molecule is NC(=Nc1nc2ccccc2s1)C(F)(F)[C@@]1(F)OC(F)(F)C(F)(F)C1(F)F. The Bertz CT molecular complexity index is 896. The van der Waals surface area contributed by atoms with Gasteiger partial charge in [-0.25, -0.2) is 4.98 Å². The minimum absolute atomic E-state index is 0.229. The average molecular weight is 423 g/mol. The molecule has 1 atom stereocenters. The second-order valence-electron chi connectivity index (χ2n) is 5.40. The summed E-state index contributed by atoms with van der Waals surface area (Å²) in [4.78, 5) is 6.61. The van der Waals surface area contributed by atoms with Gasteiger partial charge in [-0.05, 0) is 12.1 Å². The first-order valence-electron chi connectivity index (χ1n) is 6.78. The van der Waals surface area contributed by atoms with Crippen molar-refractivity contribution in [2.45, 2.75) is 29.7 Å². The third-order valence-corrected chi connectivity index (χ3v) is 4.59. The number of rotatable bonds is 3. The molecular weight excluding hydrogens is 417 g/mol. The third-order valence-electron chi connectivity index (χ3n) is 3.66. The van der Waals surface area contributed by atoms with E-state index in [4.69, 9.17) is 5.73 Å². The second-order valence-corrected chi connectivity index (χ2v) is 6.41. The quantitative estimate of drug-likeness (QED) is 0.450. The maximum absolute atomic E-state index is 14.2. The van der Waals surface area contributed by atoms with Crippen molar-refractivity contribution in [2.75, 3.05) is 0 Å². The topological polar surface area (TPSA) is 60.5 Å². The standard InChI is InChI=1S/C13H6F9N3OS/c14-9(15,12(20)10(16,17)11(18,19)13(21,22)26-12)7(23)25-8-24-5-3-1-2-4-6(5)27-8/h1-4H,(H2,23,24,25)/t12-/m1/s1. The van der Waals surface area contributed by atoms with Crippen LogP contribution in [0.4, 0.5) is 44.6 Å². The molecule has 0 spiro atoms. The Morgan fingerprint density at radius 1 is 1.04 bits per heavy atom. The number of alkyl halides is 9. The highest BCUT2D eigenvalue weighted by molar-refractivity contribution is 7.22. The van der Waals surface area contributed by atoms with E-state index in [1.54, 1.807) is 6.07 Å². The van der Waals surface area contributed by atoms with E-state index in [1.165, 1.54) is 18.2 Å². The summed E-state index contributed by atoms with van der Waals surface area (Å²) in [7, 11) is 0. The monoisotopic (exact) mass is 423 g/mol. The molecule has 1 aromatic heterocycles. The number of benzene rings is 1. The molecule has 1 aliphatic heterocycles. The highest BCUT2D eigenvalue weighted by Gasteiger charge is 2.95. The second kappa shape index (κ2) is 5.47. The van der Waals surface area contributed by atoms with Crippen molar-refractivity contribution >= 4 is 32.5 Å². The summed E-state index contributed by atoms with van der Waals surface area (Å²) in [5.74, 6) is -27.5. The van der Waals surface area contributed by atoms with Crippen LogP contribution in [0.25, 0.3) is 10.2 Å². The van der Waals surface area contributed by atoms with Crippen molar-refractivity contribution in [1.82, 2.24) is 4.98 Å². The van der Waals surface area contributed by atoms with Crippen LogP contribution in [0.5, 0.6) is 0 Å². The summed E-state index contributed by atoms with van der Waals surface area (Å²) in [5.41, 5.74) is 5.02. The molecule has 2 heterocycles. The predicted molar refractivity (Wildman–Crippen MR) is 75.6 cm³/mol. The first-order valence-corrected chi connectivity index (χ1v) is 7.59. The van der Waals surface area contributed by atoms with E-state index in [0.717, 1.165) is 0 Å². The molecule has 4 nitrogen and oxygen atoms in total. The van der Waals surface area contributed by atoms with Crippen molar-refractivity contribution in [1.29, 1.82) is 0 Å². The molecular formula is C13H6F9N3OS. The highest BCUT2D eigenvalue weighted by atomic mass is 32.1. The van der Waals surface area contributed by atoms with Crippen LogP contribution in [0.1, 0.15) is 0 Å². The fourth-order valence-electron chi connectivity index (χ4n) is 2.20. The third kappa shape index (κ3) is 2.42. The molecule has 0 bridgehead atoms. The van der Waals surface area contributed by atoms with Crippen LogP contribution >= 0.6 is 11.3 Å². The van der Waals surface area contributed by atoms with E-state index >= 15 is 0 Å². The number of amidine groups is 1. The molecule has 0 amide bonds. The van der Waals surface area contributed by atoms with Gasteiger partial charge in [0.2, 0.25) is 5.13 Å². The molecule has 0 saturated carbocycles. The van der Waals surface area contributed by atoms with Crippen molar-refractivity contribution in [2.24, 2.45) is 10.7 Å². The summed E-state index contributed by atoms with van der Waals surface area (Å²) in [5, 5.41) is -0.572. The Balaban J connectivity index is 2.06. The summed E-state index contributed by atoms with van der Waals surface area (Å²) in [6, 6.07) is 5.96. The van der Waals surface area contributed by atoms with E-state index < -0.39 is 40.7 Å².